The van der Waals surface area contributed by atoms with Crippen molar-refractivity contribution >= 4 is 27.9 Å². The van der Waals surface area contributed by atoms with Gasteiger partial charge in [0.15, 0.2) is 6.10 Å². The molecule has 0 radical (unpaired) electrons. The maximum Gasteiger partial charge on any atom is 0.347 e. The minimum Gasteiger partial charge on any atom is -0.456 e. The Labute approximate surface area is 146 Å². The summed E-state index contributed by atoms with van der Waals surface area (Å²) in [6.45, 7) is 5.42. The van der Waals surface area contributed by atoms with Gasteiger partial charge >= 0.3 is 11.9 Å². The molecule has 4 rings (SSSR count). The van der Waals surface area contributed by atoms with E-state index in [0.717, 1.165) is 18.3 Å². The van der Waals surface area contributed by atoms with E-state index < -0.39 is 16.9 Å². The summed E-state index contributed by atoms with van der Waals surface area (Å²) in [4.78, 5) is 23.8. The van der Waals surface area contributed by atoms with Crippen LogP contribution in [-0.4, -0.2) is 28.5 Å². The Bertz CT molecular complexity index is 459. The zero-order chi connectivity index (χ0) is 16.8. The molecule has 4 saturated carbocycles. The van der Waals surface area contributed by atoms with Crippen LogP contribution in [0.3, 0.4) is 0 Å². The third kappa shape index (κ3) is 3.06. The van der Waals surface area contributed by atoms with Crippen molar-refractivity contribution in [2.24, 2.45) is 23.7 Å². The molecule has 23 heavy (non-hydrogen) atoms. The molecule has 0 aliphatic heterocycles. The Kier molecular flexibility index (Phi) is 4.78. The summed E-state index contributed by atoms with van der Waals surface area (Å²) in [7, 11) is 0. The number of esters is 2. The molecule has 0 aromatic rings. The number of hydrogen-bond donors (Lipinski definition) is 0. The lowest BCUT2D eigenvalue weighted by Gasteiger charge is -2.60. The first-order valence-electron chi connectivity index (χ1n) is 8.93. The summed E-state index contributed by atoms with van der Waals surface area (Å²) >= 11 is 3.16. The van der Waals surface area contributed by atoms with Gasteiger partial charge in [0, 0.05) is 0 Å². The minimum absolute atomic E-state index is 0.328. The summed E-state index contributed by atoms with van der Waals surface area (Å²) < 4.78 is 11.3. The Morgan fingerprint density at radius 2 is 1.57 bits per heavy atom. The van der Waals surface area contributed by atoms with Gasteiger partial charge in [0.05, 0.1) is 0 Å². The molecule has 4 aliphatic carbocycles. The van der Waals surface area contributed by atoms with E-state index in [4.69, 9.17) is 9.47 Å². The van der Waals surface area contributed by atoms with Gasteiger partial charge in [0.25, 0.3) is 0 Å². The van der Waals surface area contributed by atoms with Gasteiger partial charge in [-0.25, -0.2) is 4.79 Å². The average molecular weight is 387 g/mol. The number of ether oxygens (including phenoxy) is 2. The van der Waals surface area contributed by atoms with Crippen molar-refractivity contribution < 1.29 is 19.1 Å². The Morgan fingerprint density at radius 1 is 1.04 bits per heavy atom. The predicted octanol–water partition coefficient (Wildman–Crippen LogP) is 3.85. The number of carbonyl (C=O) groups is 2. The van der Waals surface area contributed by atoms with Crippen molar-refractivity contribution in [3.8, 4) is 0 Å². The molecular weight excluding hydrogens is 360 g/mol. The Hall–Kier alpha value is -0.580. The van der Waals surface area contributed by atoms with E-state index in [0.29, 0.717) is 11.8 Å². The molecule has 2 atom stereocenters. The molecule has 0 aromatic carbocycles. The molecule has 5 heteroatoms. The number of halogens is 1. The minimum atomic E-state index is -0.844. The van der Waals surface area contributed by atoms with Crippen LogP contribution in [0.2, 0.25) is 0 Å². The van der Waals surface area contributed by atoms with E-state index in [1.807, 2.05) is 0 Å². The standard InChI is InChI=1S/C18H27BrO4/c1-4-18(23-17(21)11(3)22-16(20)10(2)19)14-6-12-5-13(8-14)9-15(18)7-12/h10-15H,4-9H2,1-3H3. The fraction of sp³-hybridized carbons (Fsp3) is 0.889. The summed E-state index contributed by atoms with van der Waals surface area (Å²) in [5.74, 6) is 1.84. The van der Waals surface area contributed by atoms with E-state index in [-0.39, 0.29) is 11.6 Å². The zero-order valence-electron chi connectivity index (χ0n) is 14.2. The zero-order valence-corrected chi connectivity index (χ0v) is 15.8. The van der Waals surface area contributed by atoms with E-state index in [1.165, 1.54) is 32.1 Å². The van der Waals surface area contributed by atoms with Crippen molar-refractivity contribution in [1.82, 2.24) is 0 Å². The molecule has 0 N–H and O–H groups in total. The lowest BCUT2D eigenvalue weighted by atomic mass is 9.49. The topological polar surface area (TPSA) is 52.6 Å². The van der Waals surface area contributed by atoms with Gasteiger partial charge in [-0.05, 0) is 76.0 Å². The molecule has 130 valence electrons. The van der Waals surface area contributed by atoms with Crippen LogP contribution in [0.1, 0.15) is 59.3 Å². The van der Waals surface area contributed by atoms with Crippen molar-refractivity contribution in [3.05, 3.63) is 0 Å². The molecular formula is C18H27BrO4. The second-order valence-corrected chi connectivity index (χ2v) is 9.10. The van der Waals surface area contributed by atoms with Crippen LogP contribution in [-0.2, 0) is 19.1 Å². The van der Waals surface area contributed by atoms with Crippen LogP contribution in [0.15, 0.2) is 0 Å². The highest BCUT2D eigenvalue weighted by Crippen LogP contribution is 2.60. The van der Waals surface area contributed by atoms with E-state index in [9.17, 15) is 9.59 Å². The molecule has 0 aromatic heterocycles. The highest BCUT2D eigenvalue weighted by atomic mass is 79.9. The van der Waals surface area contributed by atoms with Crippen LogP contribution >= 0.6 is 15.9 Å². The van der Waals surface area contributed by atoms with Gasteiger partial charge in [-0.1, -0.05) is 22.9 Å². The average Bonchev–Trinajstić information content (AvgIpc) is 2.49. The van der Waals surface area contributed by atoms with Crippen LogP contribution in [0.25, 0.3) is 0 Å². The van der Waals surface area contributed by atoms with E-state index in [1.54, 1.807) is 13.8 Å². The van der Waals surface area contributed by atoms with Gasteiger partial charge < -0.3 is 9.47 Å². The quantitative estimate of drug-likeness (QED) is 0.531. The first-order valence-corrected chi connectivity index (χ1v) is 9.84. The normalized spacial score (nSPS) is 40.5. The molecule has 4 nitrogen and oxygen atoms in total. The van der Waals surface area contributed by atoms with Gasteiger partial charge in [0.1, 0.15) is 10.4 Å². The largest absolute Gasteiger partial charge is 0.456 e. The number of rotatable bonds is 5. The molecule has 0 spiro atoms. The van der Waals surface area contributed by atoms with Gasteiger partial charge in [-0.2, -0.15) is 0 Å². The Balaban J connectivity index is 1.69. The summed E-state index contributed by atoms with van der Waals surface area (Å²) in [6.07, 6.45) is 6.17. The van der Waals surface area contributed by atoms with Crippen LogP contribution in [0.5, 0.6) is 0 Å². The third-order valence-electron chi connectivity index (χ3n) is 6.31. The van der Waals surface area contributed by atoms with Crippen molar-refractivity contribution in [1.29, 1.82) is 0 Å². The van der Waals surface area contributed by atoms with E-state index >= 15 is 0 Å². The number of hydrogen-bond acceptors (Lipinski definition) is 4. The first kappa shape index (κ1) is 17.2. The number of carbonyl (C=O) groups excluding carboxylic acids is 2. The molecule has 0 heterocycles. The SMILES string of the molecule is CCC1(OC(=O)C(C)OC(=O)C(C)Br)C2CC3CC(C2)CC1C3. The Morgan fingerprint density at radius 3 is 2.00 bits per heavy atom. The highest BCUT2D eigenvalue weighted by Gasteiger charge is 2.58. The monoisotopic (exact) mass is 386 g/mol. The lowest BCUT2D eigenvalue weighted by Crippen LogP contribution is -2.60. The molecule has 2 unspecified atom stereocenters. The molecule has 0 amide bonds. The predicted molar refractivity (Wildman–Crippen MR) is 90.1 cm³/mol. The van der Waals surface area contributed by atoms with Gasteiger partial charge in [-0.3, -0.25) is 4.79 Å². The van der Waals surface area contributed by atoms with Crippen molar-refractivity contribution in [2.45, 2.75) is 75.8 Å². The highest BCUT2D eigenvalue weighted by molar-refractivity contribution is 9.10. The maximum atomic E-state index is 12.5. The molecule has 0 saturated heterocycles. The third-order valence-corrected chi connectivity index (χ3v) is 6.69. The fourth-order valence-corrected chi connectivity index (χ4v) is 5.49. The van der Waals surface area contributed by atoms with Crippen molar-refractivity contribution in [2.75, 3.05) is 0 Å². The molecule has 4 aliphatic rings. The maximum absolute atomic E-state index is 12.5. The van der Waals surface area contributed by atoms with Crippen LogP contribution < -0.4 is 0 Å². The molecule has 4 fully saturated rings. The molecule has 4 bridgehead atoms. The number of alkyl halides is 1. The second-order valence-electron chi connectivity index (χ2n) is 7.73. The second kappa shape index (κ2) is 6.38. The van der Waals surface area contributed by atoms with Gasteiger partial charge in [0.2, 0.25) is 0 Å². The lowest BCUT2D eigenvalue weighted by molar-refractivity contribution is -0.218. The van der Waals surface area contributed by atoms with E-state index in [2.05, 4.69) is 22.9 Å². The van der Waals surface area contributed by atoms with Crippen LogP contribution in [0.4, 0.5) is 0 Å². The summed E-state index contributed by atoms with van der Waals surface area (Å²) in [6, 6.07) is 0. The van der Waals surface area contributed by atoms with Crippen molar-refractivity contribution in [3.63, 3.8) is 0 Å². The summed E-state index contributed by atoms with van der Waals surface area (Å²) in [5, 5.41) is 0. The smallest absolute Gasteiger partial charge is 0.347 e. The summed E-state index contributed by atoms with van der Waals surface area (Å²) in [5.41, 5.74) is -0.328. The van der Waals surface area contributed by atoms with Crippen LogP contribution in [0, 0.1) is 23.7 Å². The first-order chi connectivity index (χ1) is 10.9. The van der Waals surface area contributed by atoms with Gasteiger partial charge in [-0.15, -0.1) is 0 Å². The fourth-order valence-electron chi connectivity index (χ4n) is 5.38.